The summed E-state index contributed by atoms with van der Waals surface area (Å²) in [6.07, 6.45) is 1.69. The second-order valence-electron chi connectivity index (χ2n) is 4.91. The van der Waals surface area contributed by atoms with Crippen LogP contribution in [0.5, 0.6) is 0 Å². The van der Waals surface area contributed by atoms with E-state index < -0.39 is 0 Å². The van der Waals surface area contributed by atoms with Gasteiger partial charge in [0.2, 0.25) is 0 Å². The predicted molar refractivity (Wildman–Crippen MR) is 98.4 cm³/mol. The van der Waals surface area contributed by atoms with Crippen LogP contribution in [-0.4, -0.2) is 10.5 Å². The van der Waals surface area contributed by atoms with Gasteiger partial charge in [-0.1, -0.05) is 33.3 Å². The summed E-state index contributed by atoms with van der Waals surface area (Å²) in [6, 6.07) is 12.6. The molecule has 0 saturated carbocycles. The molecular formula is C17H13BrN2O2S. The Labute approximate surface area is 145 Å². The zero-order valence-electron chi connectivity index (χ0n) is 12.1. The molecule has 23 heavy (non-hydrogen) atoms. The Hall–Kier alpha value is -2.18. The van der Waals surface area contributed by atoms with Crippen LogP contribution in [-0.2, 0) is 6.54 Å². The lowest BCUT2D eigenvalue weighted by Gasteiger charge is -2.06. The van der Waals surface area contributed by atoms with Crippen molar-refractivity contribution in [3.63, 3.8) is 0 Å². The van der Waals surface area contributed by atoms with Crippen molar-refractivity contribution in [2.24, 2.45) is 0 Å². The highest BCUT2D eigenvalue weighted by molar-refractivity contribution is 9.10. The molecule has 0 bridgehead atoms. The number of allylic oxidation sites excluding steroid dienone is 1. The molecule has 0 aliphatic heterocycles. The number of thiazole rings is 1. The molecule has 3 aromatic rings. The number of rotatable bonds is 4. The molecule has 1 heterocycles. The standard InChI is InChI=1S/C17H13BrN2O2S/c1-2-9-20-14-8-7-13(10-15(14)23-17(20)22)19-16(21)11-3-5-12(18)6-4-11/h2-8,10H,1,9H2,(H,19,21). The number of hydrogen-bond donors (Lipinski definition) is 1. The largest absolute Gasteiger partial charge is 0.322 e. The first-order valence-electron chi connectivity index (χ1n) is 6.89. The van der Waals surface area contributed by atoms with Crippen molar-refractivity contribution in [3.05, 3.63) is 74.8 Å². The third-order valence-corrected chi connectivity index (χ3v) is 4.81. The quantitative estimate of drug-likeness (QED) is 0.678. The molecule has 0 unspecified atom stereocenters. The average Bonchev–Trinajstić information content (AvgIpc) is 2.83. The molecule has 0 fully saturated rings. The number of benzene rings is 2. The van der Waals surface area contributed by atoms with Gasteiger partial charge < -0.3 is 5.32 Å². The fourth-order valence-electron chi connectivity index (χ4n) is 2.25. The van der Waals surface area contributed by atoms with Gasteiger partial charge >= 0.3 is 4.87 Å². The van der Waals surface area contributed by atoms with E-state index in [1.807, 2.05) is 24.3 Å². The zero-order valence-corrected chi connectivity index (χ0v) is 14.5. The van der Waals surface area contributed by atoms with Gasteiger partial charge in [0.15, 0.2) is 0 Å². The fraction of sp³-hybridized carbons (Fsp3) is 0.0588. The third-order valence-electron chi connectivity index (χ3n) is 3.34. The Morgan fingerprint density at radius 2 is 2.00 bits per heavy atom. The minimum atomic E-state index is -0.185. The lowest BCUT2D eigenvalue weighted by molar-refractivity contribution is 0.102. The topological polar surface area (TPSA) is 51.1 Å². The lowest BCUT2D eigenvalue weighted by atomic mass is 10.2. The van der Waals surface area contributed by atoms with Gasteiger partial charge in [0, 0.05) is 22.3 Å². The monoisotopic (exact) mass is 388 g/mol. The van der Waals surface area contributed by atoms with E-state index in [-0.39, 0.29) is 10.8 Å². The highest BCUT2D eigenvalue weighted by Gasteiger charge is 2.10. The molecule has 4 nitrogen and oxygen atoms in total. The Morgan fingerprint density at radius 1 is 1.26 bits per heavy atom. The lowest BCUT2D eigenvalue weighted by Crippen LogP contribution is -2.12. The first-order chi connectivity index (χ1) is 11.1. The number of amides is 1. The van der Waals surface area contributed by atoms with Crippen molar-refractivity contribution < 1.29 is 4.79 Å². The van der Waals surface area contributed by atoms with Gasteiger partial charge in [-0.25, -0.2) is 0 Å². The third kappa shape index (κ3) is 3.28. The summed E-state index contributed by atoms with van der Waals surface area (Å²) in [5.41, 5.74) is 2.09. The molecule has 3 rings (SSSR count). The van der Waals surface area contributed by atoms with Gasteiger partial charge in [0.25, 0.3) is 5.91 Å². The maximum Gasteiger partial charge on any atom is 0.308 e. The van der Waals surface area contributed by atoms with Crippen LogP contribution in [0.25, 0.3) is 10.2 Å². The first-order valence-corrected chi connectivity index (χ1v) is 8.50. The van der Waals surface area contributed by atoms with Crippen LogP contribution in [0, 0.1) is 0 Å². The van der Waals surface area contributed by atoms with Crippen LogP contribution in [0.1, 0.15) is 10.4 Å². The second kappa shape index (κ2) is 6.52. The van der Waals surface area contributed by atoms with E-state index in [0.29, 0.717) is 17.8 Å². The smallest absolute Gasteiger partial charge is 0.308 e. The van der Waals surface area contributed by atoms with Crippen LogP contribution in [0.3, 0.4) is 0 Å². The number of aromatic nitrogens is 1. The molecule has 0 spiro atoms. The van der Waals surface area contributed by atoms with Gasteiger partial charge in [-0.05, 0) is 42.5 Å². The highest BCUT2D eigenvalue weighted by Crippen LogP contribution is 2.22. The van der Waals surface area contributed by atoms with E-state index in [2.05, 4.69) is 27.8 Å². The molecule has 6 heteroatoms. The molecule has 2 aromatic carbocycles. The second-order valence-corrected chi connectivity index (χ2v) is 6.82. The molecular weight excluding hydrogens is 376 g/mol. The maximum atomic E-state index is 12.2. The van der Waals surface area contributed by atoms with E-state index in [0.717, 1.165) is 26.0 Å². The average molecular weight is 389 g/mol. The summed E-state index contributed by atoms with van der Waals surface area (Å²) in [5.74, 6) is -0.185. The molecule has 1 amide bonds. The number of hydrogen-bond acceptors (Lipinski definition) is 3. The Morgan fingerprint density at radius 3 is 2.70 bits per heavy atom. The van der Waals surface area contributed by atoms with E-state index in [1.54, 1.807) is 28.8 Å². The van der Waals surface area contributed by atoms with Crippen molar-refractivity contribution in [1.82, 2.24) is 4.57 Å². The van der Waals surface area contributed by atoms with Gasteiger partial charge in [-0.15, -0.1) is 6.58 Å². The summed E-state index contributed by atoms with van der Waals surface area (Å²) in [6.45, 7) is 4.14. The summed E-state index contributed by atoms with van der Waals surface area (Å²) in [7, 11) is 0. The van der Waals surface area contributed by atoms with E-state index in [4.69, 9.17) is 0 Å². The van der Waals surface area contributed by atoms with Gasteiger partial charge in [0.1, 0.15) is 0 Å². The molecule has 1 aromatic heterocycles. The van der Waals surface area contributed by atoms with Crippen LogP contribution in [0.15, 0.2) is 64.4 Å². The van der Waals surface area contributed by atoms with Gasteiger partial charge in [-0.3, -0.25) is 14.2 Å². The summed E-state index contributed by atoms with van der Waals surface area (Å²) in [5, 5.41) is 2.85. The number of anilines is 1. The molecule has 0 saturated heterocycles. The highest BCUT2D eigenvalue weighted by atomic mass is 79.9. The number of nitrogens with zero attached hydrogens (tertiary/aromatic N) is 1. The van der Waals surface area contributed by atoms with Crippen LogP contribution in [0.4, 0.5) is 5.69 Å². The first kappa shape index (κ1) is 15.7. The van der Waals surface area contributed by atoms with Crippen LogP contribution >= 0.6 is 27.3 Å². The number of nitrogens with one attached hydrogen (secondary N) is 1. The minimum Gasteiger partial charge on any atom is -0.322 e. The summed E-state index contributed by atoms with van der Waals surface area (Å²) in [4.78, 5) is 24.2. The molecule has 0 radical (unpaired) electrons. The molecule has 1 N–H and O–H groups in total. The summed E-state index contributed by atoms with van der Waals surface area (Å²) < 4.78 is 3.42. The molecule has 0 aliphatic carbocycles. The van der Waals surface area contributed by atoms with Gasteiger partial charge in [-0.2, -0.15) is 0 Å². The molecule has 0 atom stereocenters. The maximum absolute atomic E-state index is 12.2. The minimum absolute atomic E-state index is 0.0312. The van der Waals surface area contributed by atoms with Crippen molar-refractivity contribution in [2.75, 3.05) is 5.32 Å². The van der Waals surface area contributed by atoms with Crippen molar-refractivity contribution >= 4 is 49.1 Å². The zero-order chi connectivity index (χ0) is 16.4. The number of halogens is 1. The SMILES string of the molecule is C=CCn1c(=O)sc2cc(NC(=O)c3ccc(Br)cc3)ccc21. The number of carbonyl (C=O) groups is 1. The molecule has 0 aliphatic rings. The predicted octanol–water partition coefficient (Wildman–Crippen LogP) is 4.26. The van der Waals surface area contributed by atoms with E-state index in [1.165, 1.54) is 0 Å². The van der Waals surface area contributed by atoms with Crippen molar-refractivity contribution in [1.29, 1.82) is 0 Å². The number of carbonyl (C=O) groups excluding carboxylic acids is 1. The van der Waals surface area contributed by atoms with Crippen molar-refractivity contribution in [2.45, 2.75) is 6.54 Å². The Balaban J connectivity index is 1.89. The van der Waals surface area contributed by atoms with Gasteiger partial charge in [0.05, 0.1) is 10.2 Å². The molecule has 116 valence electrons. The Bertz CT molecular complexity index is 941. The van der Waals surface area contributed by atoms with Crippen LogP contribution in [0.2, 0.25) is 0 Å². The van der Waals surface area contributed by atoms with E-state index >= 15 is 0 Å². The van der Waals surface area contributed by atoms with E-state index in [9.17, 15) is 9.59 Å². The van der Waals surface area contributed by atoms with Crippen LogP contribution < -0.4 is 10.2 Å². The Kier molecular flexibility index (Phi) is 4.45. The number of fused-ring (bicyclic) bond motifs is 1. The fourth-order valence-corrected chi connectivity index (χ4v) is 3.45. The summed E-state index contributed by atoms with van der Waals surface area (Å²) >= 11 is 4.50. The van der Waals surface area contributed by atoms with Crippen molar-refractivity contribution in [3.8, 4) is 0 Å². The normalized spacial score (nSPS) is 10.7.